The van der Waals surface area contributed by atoms with Gasteiger partial charge < -0.3 is 24.9 Å². The van der Waals surface area contributed by atoms with E-state index in [1.165, 1.54) is 25.2 Å². The highest BCUT2D eigenvalue weighted by Crippen LogP contribution is 2.35. The van der Waals surface area contributed by atoms with Crippen LogP contribution in [0.3, 0.4) is 0 Å². The summed E-state index contributed by atoms with van der Waals surface area (Å²) in [5.74, 6) is 0.0958. The van der Waals surface area contributed by atoms with Crippen molar-refractivity contribution in [2.75, 3.05) is 19.5 Å². The smallest absolute Gasteiger partial charge is 0.490 e. The number of nitro groups is 1. The Labute approximate surface area is 147 Å². The molecule has 1 heterocycles. The third kappa shape index (κ3) is 4.80. The molecule has 0 aliphatic heterocycles. The summed E-state index contributed by atoms with van der Waals surface area (Å²) in [6, 6.07) is 3.12. The van der Waals surface area contributed by atoms with Crippen LogP contribution in [0, 0.1) is 10.1 Å². The molecule has 0 spiro atoms. The number of anilines is 1. The first-order chi connectivity index (χ1) is 11.9. The Morgan fingerprint density at radius 3 is 2.68 bits per heavy atom. The fourth-order valence-electron chi connectivity index (χ4n) is 2.05. The van der Waals surface area contributed by atoms with Crippen molar-refractivity contribution >= 4 is 29.1 Å². The van der Waals surface area contributed by atoms with E-state index in [0.717, 1.165) is 0 Å². The van der Waals surface area contributed by atoms with E-state index in [1.54, 1.807) is 12.1 Å². The molecule has 1 aromatic heterocycles. The highest BCUT2D eigenvalue weighted by Gasteiger charge is 2.14. The van der Waals surface area contributed by atoms with Gasteiger partial charge in [0, 0.05) is 23.7 Å². The van der Waals surface area contributed by atoms with E-state index < -0.39 is 10.9 Å². The van der Waals surface area contributed by atoms with Crippen LogP contribution in [0.1, 0.15) is 12.8 Å². The van der Waals surface area contributed by atoms with Gasteiger partial charge in [0.1, 0.15) is 11.5 Å². The molecule has 25 heavy (non-hydrogen) atoms. The summed E-state index contributed by atoms with van der Waals surface area (Å²) in [4.78, 5) is 25.4. The van der Waals surface area contributed by atoms with Crippen LogP contribution in [-0.2, 0) is 11.3 Å². The lowest BCUT2D eigenvalue weighted by molar-refractivity contribution is -0.394. The summed E-state index contributed by atoms with van der Waals surface area (Å²) in [5, 5.41) is 17.3. The summed E-state index contributed by atoms with van der Waals surface area (Å²) in [6.07, 6.45) is 1.87. The average molecular weight is 370 g/mol. The molecule has 0 unspecified atom stereocenters. The SMILES string of the molecule is COc1cc(NC(=O)CCCn2cnc([N+](=O)[O-])n2)c(OC)cc1Cl. The topological polar surface area (TPSA) is 121 Å². The fraction of sp³-hybridized carbons (Fsp3) is 0.357. The maximum absolute atomic E-state index is 12.1. The molecule has 0 radical (unpaired) electrons. The highest BCUT2D eigenvalue weighted by molar-refractivity contribution is 6.32. The van der Waals surface area contributed by atoms with Crippen molar-refractivity contribution in [2.45, 2.75) is 19.4 Å². The molecular formula is C14H16ClN5O5. The zero-order valence-electron chi connectivity index (χ0n) is 13.6. The van der Waals surface area contributed by atoms with Gasteiger partial charge in [-0.05, 0) is 11.3 Å². The number of nitrogens with zero attached hydrogens (tertiary/aromatic N) is 4. The Bertz CT molecular complexity index is 779. The van der Waals surface area contributed by atoms with Crippen LogP contribution in [0.15, 0.2) is 18.5 Å². The van der Waals surface area contributed by atoms with Crippen LogP contribution in [0.5, 0.6) is 11.5 Å². The lowest BCUT2D eigenvalue weighted by atomic mass is 10.2. The number of nitrogens with one attached hydrogen (secondary N) is 1. The minimum atomic E-state index is -0.677. The molecule has 134 valence electrons. The largest absolute Gasteiger partial charge is 0.495 e. The van der Waals surface area contributed by atoms with Crippen molar-refractivity contribution in [1.29, 1.82) is 0 Å². The molecule has 1 amide bonds. The molecule has 2 rings (SSSR count). The van der Waals surface area contributed by atoms with Crippen LogP contribution in [0.4, 0.5) is 11.6 Å². The maximum Gasteiger partial charge on any atom is 0.490 e. The number of carbonyl (C=O) groups excluding carboxylic acids is 1. The number of aromatic nitrogens is 3. The first-order valence-electron chi connectivity index (χ1n) is 7.19. The molecule has 0 aliphatic carbocycles. The predicted octanol–water partition coefficient (Wildman–Crippen LogP) is 2.28. The Kier molecular flexibility index (Phi) is 6.12. The number of carbonyl (C=O) groups is 1. The molecule has 0 atom stereocenters. The van der Waals surface area contributed by atoms with E-state index >= 15 is 0 Å². The highest BCUT2D eigenvalue weighted by atomic mass is 35.5. The van der Waals surface area contributed by atoms with E-state index in [9.17, 15) is 14.9 Å². The van der Waals surface area contributed by atoms with Crippen LogP contribution in [-0.4, -0.2) is 39.8 Å². The first-order valence-corrected chi connectivity index (χ1v) is 7.57. The minimum absolute atomic E-state index is 0.182. The summed E-state index contributed by atoms with van der Waals surface area (Å²) in [5.41, 5.74) is 0.435. The fourth-order valence-corrected chi connectivity index (χ4v) is 2.28. The van der Waals surface area contributed by atoms with Gasteiger partial charge in [-0.1, -0.05) is 16.6 Å². The third-order valence-electron chi connectivity index (χ3n) is 3.23. The second-order valence-corrected chi connectivity index (χ2v) is 5.31. The van der Waals surface area contributed by atoms with Gasteiger partial charge >= 0.3 is 5.95 Å². The van der Waals surface area contributed by atoms with Gasteiger partial charge in [0.25, 0.3) is 0 Å². The summed E-state index contributed by atoms with van der Waals surface area (Å²) >= 11 is 6.01. The molecule has 0 aliphatic rings. The minimum Gasteiger partial charge on any atom is -0.495 e. The molecule has 2 aromatic rings. The second-order valence-electron chi connectivity index (χ2n) is 4.90. The van der Waals surface area contributed by atoms with Crippen LogP contribution in [0.2, 0.25) is 5.02 Å². The van der Waals surface area contributed by atoms with Crippen molar-refractivity contribution in [3.63, 3.8) is 0 Å². The van der Waals surface area contributed by atoms with Crippen molar-refractivity contribution in [3.05, 3.63) is 33.6 Å². The number of rotatable bonds is 8. The number of amides is 1. The monoisotopic (exact) mass is 369 g/mol. The number of hydrogen-bond donors (Lipinski definition) is 1. The standard InChI is InChI=1S/C14H16ClN5O5/c1-24-11-7-10(12(25-2)6-9(11)15)17-13(21)4-3-5-19-8-16-14(18-19)20(22)23/h6-8H,3-5H2,1-2H3,(H,17,21). The summed E-state index contributed by atoms with van der Waals surface area (Å²) in [7, 11) is 2.93. The predicted molar refractivity (Wildman–Crippen MR) is 89.1 cm³/mol. The Hall–Kier alpha value is -2.88. The Morgan fingerprint density at radius 2 is 2.08 bits per heavy atom. The lowest BCUT2D eigenvalue weighted by Gasteiger charge is -2.13. The number of ether oxygens (including phenoxy) is 2. The van der Waals surface area contributed by atoms with Gasteiger partial charge in [0.2, 0.25) is 12.2 Å². The van der Waals surface area contributed by atoms with Gasteiger partial charge in [0.05, 0.1) is 31.5 Å². The summed E-state index contributed by atoms with van der Waals surface area (Å²) < 4.78 is 11.6. The zero-order chi connectivity index (χ0) is 18.4. The molecular weight excluding hydrogens is 354 g/mol. The van der Waals surface area contributed by atoms with Crippen molar-refractivity contribution in [2.24, 2.45) is 0 Å². The molecule has 10 nitrogen and oxygen atoms in total. The normalized spacial score (nSPS) is 10.4. The lowest BCUT2D eigenvalue weighted by Crippen LogP contribution is -2.13. The summed E-state index contributed by atoms with van der Waals surface area (Å²) in [6.45, 7) is 0.329. The van der Waals surface area contributed by atoms with Crippen LogP contribution in [0.25, 0.3) is 0 Å². The molecule has 0 saturated carbocycles. The molecule has 0 saturated heterocycles. The molecule has 1 aromatic carbocycles. The van der Waals surface area contributed by atoms with Gasteiger partial charge in [-0.15, -0.1) is 0 Å². The van der Waals surface area contributed by atoms with Gasteiger partial charge in [-0.25, -0.2) is 0 Å². The molecule has 0 fully saturated rings. The van der Waals surface area contributed by atoms with Crippen molar-refractivity contribution < 1.29 is 19.2 Å². The van der Waals surface area contributed by atoms with E-state index in [-0.39, 0.29) is 12.3 Å². The van der Waals surface area contributed by atoms with E-state index in [0.29, 0.717) is 35.2 Å². The third-order valence-corrected chi connectivity index (χ3v) is 3.52. The zero-order valence-corrected chi connectivity index (χ0v) is 14.3. The number of halogens is 1. The average Bonchev–Trinajstić information content (AvgIpc) is 3.05. The first kappa shape index (κ1) is 18.5. The quantitative estimate of drug-likeness (QED) is 0.559. The number of hydrogen-bond acceptors (Lipinski definition) is 7. The van der Waals surface area contributed by atoms with Gasteiger partial charge in [-0.2, -0.15) is 4.68 Å². The maximum atomic E-state index is 12.1. The van der Waals surface area contributed by atoms with Crippen molar-refractivity contribution in [1.82, 2.24) is 14.8 Å². The molecule has 1 N–H and O–H groups in total. The van der Waals surface area contributed by atoms with Crippen LogP contribution >= 0.6 is 11.6 Å². The Morgan fingerprint density at radius 1 is 1.36 bits per heavy atom. The number of methoxy groups -OCH3 is 2. The van der Waals surface area contributed by atoms with Crippen LogP contribution < -0.4 is 14.8 Å². The van der Waals surface area contributed by atoms with Crippen molar-refractivity contribution in [3.8, 4) is 11.5 Å². The second kappa shape index (κ2) is 8.29. The Balaban J connectivity index is 1.92. The number of aryl methyl sites for hydroxylation is 1. The van der Waals surface area contributed by atoms with Gasteiger partial charge in [0.15, 0.2) is 0 Å². The van der Waals surface area contributed by atoms with E-state index in [4.69, 9.17) is 21.1 Å². The van der Waals surface area contributed by atoms with E-state index in [1.807, 2.05) is 0 Å². The van der Waals surface area contributed by atoms with Gasteiger partial charge in [-0.3, -0.25) is 4.79 Å². The van der Waals surface area contributed by atoms with E-state index in [2.05, 4.69) is 15.4 Å². The molecule has 11 heteroatoms. The number of benzene rings is 1. The molecule has 0 bridgehead atoms.